The minimum absolute atomic E-state index is 0.583. The Labute approximate surface area is 149 Å². The van der Waals surface area contributed by atoms with Crippen LogP contribution in [0.5, 0.6) is 5.75 Å². The van der Waals surface area contributed by atoms with Gasteiger partial charge in [0.2, 0.25) is 0 Å². The molecule has 0 spiro atoms. The van der Waals surface area contributed by atoms with E-state index in [1.54, 1.807) is 14.2 Å². The molecule has 1 N–H and O–H groups in total. The Morgan fingerprint density at radius 2 is 2.04 bits per heavy atom. The van der Waals surface area contributed by atoms with Crippen molar-refractivity contribution in [2.45, 2.75) is 25.5 Å². The summed E-state index contributed by atoms with van der Waals surface area (Å²) in [6.45, 7) is 3.87. The van der Waals surface area contributed by atoms with Crippen LogP contribution in [0.1, 0.15) is 17.5 Å². The quantitative estimate of drug-likeness (QED) is 0.928. The fourth-order valence-electron chi connectivity index (χ4n) is 4.14. The van der Waals surface area contributed by atoms with E-state index in [1.165, 1.54) is 35.2 Å². The summed E-state index contributed by atoms with van der Waals surface area (Å²) in [5.74, 6) is 0.871. The highest BCUT2D eigenvalue weighted by Gasteiger charge is 2.30. The highest BCUT2D eigenvalue weighted by Crippen LogP contribution is 2.38. The lowest BCUT2D eigenvalue weighted by atomic mass is 9.97. The van der Waals surface area contributed by atoms with Gasteiger partial charge in [-0.2, -0.15) is 0 Å². The number of hydrogen-bond acceptors (Lipinski definition) is 4. The van der Waals surface area contributed by atoms with Crippen LogP contribution < -0.4 is 15.0 Å². The van der Waals surface area contributed by atoms with Crippen LogP contribution in [0.15, 0.2) is 36.4 Å². The van der Waals surface area contributed by atoms with Crippen molar-refractivity contribution in [3.63, 3.8) is 0 Å². The molecule has 0 amide bonds. The maximum Gasteiger partial charge on any atom is 0.119 e. The van der Waals surface area contributed by atoms with Crippen molar-refractivity contribution in [2.24, 2.45) is 0 Å². The van der Waals surface area contributed by atoms with Gasteiger partial charge in [0.05, 0.1) is 13.7 Å². The normalized spacial score (nSPS) is 19.3. The SMILES string of the molecule is COCc1cc(OC)ccc1-c1ccc2c(c1)N1CCNCCC1C2. The first kappa shape index (κ1) is 16.4. The van der Waals surface area contributed by atoms with Crippen molar-refractivity contribution in [3.8, 4) is 16.9 Å². The zero-order chi connectivity index (χ0) is 17.2. The molecule has 2 aliphatic rings. The van der Waals surface area contributed by atoms with Crippen LogP contribution in [0.2, 0.25) is 0 Å². The predicted molar refractivity (Wildman–Crippen MR) is 101 cm³/mol. The molecule has 25 heavy (non-hydrogen) atoms. The van der Waals surface area contributed by atoms with Gasteiger partial charge in [-0.1, -0.05) is 18.2 Å². The lowest BCUT2D eigenvalue weighted by Crippen LogP contribution is -2.32. The Morgan fingerprint density at radius 3 is 2.88 bits per heavy atom. The van der Waals surface area contributed by atoms with E-state index >= 15 is 0 Å². The van der Waals surface area contributed by atoms with Crippen molar-refractivity contribution in [1.29, 1.82) is 0 Å². The molecule has 2 aromatic rings. The average Bonchev–Trinajstić information content (AvgIpc) is 2.82. The number of methoxy groups -OCH3 is 2. The average molecular weight is 338 g/mol. The first-order chi connectivity index (χ1) is 12.3. The van der Waals surface area contributed by atoms with Crippen LogP contribution >= 0.6 is 0 Å². The number of anilines is 1. The zero-order valence-electron chi connectivity index (χ0n) is 15.0. The number of benzene rings is 2. The third-order valence-electron chi connectivity index (χ3n) is 5.40. The molecule has 1 saturated heterocycles. The number of hydrogen-bond donors (Lipinski definition) is 1. The summed E-state index contributed by atoms with van der Waals surface area (Å²) < 4.78 is 10.8. The fraction of sp³-hybridized carbons (Fsp3) is 0.429. The number of nitrogens with zero attached hydrogens (tertiary/aromatic N) is 1. The van der Waals surface area contributed by atoms with Crippen molar-refractivity contribution >= 4 is 5.69 Å². The molecule has 4 nitrogen and oxygen atoms in total. The first-order valence-electron chi connectivity index (χ1n) is 9.06. The minimum atomic E-state index is 0.583. The molecule has 0 aliphatic carbocycles. The molecule has 4 rings (SSSR count). The van der Waals surface area contributed by atoms with E-state index in [2.05, 4.69) is 40.5 Å². The molecule has 0 bridgehead atoms. The molecular formula is C21H26N2O2. The summed E-state index contributed by atoms with van der Waals surface area (Å²) in [7, 11) is 3.44. The topological polar surface area (TPSA) is 33.7 Å². The second-order valence-corrected chi connectivity index (χ2v) is 6.89. The van der Waals surface area contributed by atoms with E-state index in [0.717, 1.165) is 30.9 Å². The number of rotatable bonds is 4. The highest BCUT2D eigenvalue weighted by molar-refractivity contribution is 5.75. The predicted octanol–water partition coefficient (Wildman–Crippen LogP) is 3.23. The zero-order valence-corrected chi connectivity index (χ0v) is 15.0. The van der Waals surface area contributed by atoms with Crippen LogP contribution in [0, 0.1) is 0 Å². The van der Waals surface area contributed by atoms with Gasteiger partial charge in [0.15, 0.2) is 0 Å². The van der Waals surface area contributed by atoms with Gasteiger partial charge in [0.25, 0.3) is 0 Å². The maximum absolute atomic E-state index is 5.41. The van der Waals surface area contributed by atoms with Crippen LogP contribution in [-0.2, 0) is 17.8 Å². The van der Waals surface area contributed by atoms with Crippen LogP contribution in [0.25, 0.3) is 11.1 Å². The lowest BCUT2D eigenvalue weighted by molar-refractivity contribution is 0.185. The maximum atomic E-state index is 5.41. The molecule has 2 aliphatic heterocycles. The van der Waals surface area contributed by atoms with Gasteiger partial charge in [0, 0.05) is 31.9 Å². The summed E-state index contributed by atoms with van der Waals surface area (Å²) in [6.07, 6.45) is 2.40. The van der Waals surface area contributed by atoms with E-state index in [9.17, 15) is 0 Å². The number of fused-ring (bicyclic) bond motifs is 3. The van der Waals surface area contributed by atoms with Gasteiger partial charge in [0.1, 0.15) is 5.75 Å². The molecule has 0 aromatic heterocycles. The first-order valence-corrected chi connectivity index (χ1v) is 9.06. The Bertz CT molecular complexity index is 760. The molecular weight excluding hydrogens is 312 g/mol. The van der Waals surface area contributed by atoms with Gasteiger partial charge in [-0.25, -0.2) is 0 Å². The van der Waals surface area contributed by atoms with Crippen LogP contribution in [0.4, 0.5) is 5.69 Å². The Hall–Kier alpha value is -2.04. The molecule has 2 aromatic carbocycles. The summed E-state index contributed by atoms with van der Waals surface area (Å²) in [6, 6.07) is 13.8. The van der Waals surface area contributed by atoms with Gasteiger partial charge in [-0.3, -0.25) is 0 Å². The second kappa shape index (κ2) is 7.06. The Morgan fingerprint density at radius 1 is 1.12 bits per heavy atom. The molecule has 1 atom stereocenters. The second-order valence-electron chi connectivity index (χ2n) is 6.89. The molecule has 2 heterocycles. The van der Waals surface area contributed by atoms with Crippen molar-refractivity contribution in [1.82, 2.24) is 5.32 Å². The van der Waals surface area contributed by atoms with E-state index < -0.39 is 0 Å². The van der Waals surface area contributed by atoms with Crippen molar-refractivity contribution < 1.29 is 9.47 Å². The number of ether oxygens (including phenoxy) is 2. The van der Waals surface area contributed by atoms with Gasteiger partial charge < -0.3 is 19.7 Å². The van der Waals surface area contributed by atoms with Gasteiger partial charge >= 0.3 is 0 Å². The van der Waals surface area contributed by atoms with Gasteiger partial charge in [-0.05, 0) is 59.8 Å². The molecule has 4 heteroatoms. The van der Waals surface area contributed by atoms with E-state index in [4.69, 9.17) is 9.47 Å². The number of nitrogens with one attached hydrogen (secondary N) is 1. The summed E-state index contributed by atoms with van der Waals surface area (Å²) in [4.78, 5) is 2.60. The van der Waals surface area contributed by atoms with Crippen molar-refractivity contribution in [2.75, 3.05) is 38.8 Å². The third kappa shape index (κ3) is 3.12. The molecule has 0 radical (unpaired) electrons. The summed E-state index contributed by atoms with van der Waals surface area (Å²) in [5.41, 5.74) is 6.53. The molecule has 0 saturated carbocycles. The molecule has 132 valence electrons. The third-order valence-corrected chi connectivity index (χ3v) is 5.40. The van der Waals surface area contributed by atoms with Crippen LogP contribution in [0.3, 0.4) is 0 Å². The summed E-state index contributed by atoms with van der Waals surface area (Å²) in [5, 5.41) is 3.52. The largest absolute Gasteiger partial charge is 0.497 e. The monoisotopic (exact) mass is 338 g/mol. The van der Waals surface area contributed by atoms with Crippen LogP contribution in [-0.4, -0.2) is 39.9 Å². The van der Waals surface area contributed by atoms with Gasteiger partial charge in [-0.15, -0.1) is 0 Å². The smallest absolute Gasteiger partial charge is 0.119 e. The summed E-state index contributed by atoms with van der Waals surface area (Å²) >= 11 is 0. The minimum Gasteiger partial charge on any atom is -0.497 e. The fourth-order valence-corrected chi connectivity index (χ4v) is 4.14. The van der Waals surface area contributed by atoms with Crippen molar-refractivity contribution in [3.05, 3.63) is 47.5 Å². The lowest BCUT2D eigenvalue weighted by Gasteiger charge is -2.25. The molecule has 1 fully saturated rings. The van der Waals surface area contributed by atoms with E-state index in [1.807, 2.05) is 6.07 Å². The standard InChI is InChI=1S/C21H26N2O2/c1-24-14-17-12-19(25-2)5-6-20(17)15-3-4-16-11-18-7-8-22-9-10-23(18)21(16)13-15/h3-6,12-13,18,22H,7-11,14H2,1-2H3. The van der Waals surface area contributed by atoms with E-state index in [0.29, 0.717) is 12.6 Å². The Balaban J connectivity index is 1.72. The highest BCUT2D eigenvalue weighted by atomic mass is 16.5. The van der Waals surface area contributed by atoms with E-state index in [-0.39, 0.29) is 0 Å². The molecule has 1 unspecified atom stereocenters. The Kier molecular flexibility index (Phi) is 4.64.